The van der Waals surface area contributed by atoms with Crippen LogP contribution in [0.25, 0.3) is 16.9 Å². The van der Waals surface area contributed by atoms with E-state index in [-0.39, 0.29) is 6.10 Å². The summed E-state index contributed by atoms with van der Waals surface area (Å²) in [6, 6.07) is 0.333. The number of fused-ring (bicyclic) bond motifs is 1. The molecule has 2 aliphatic rings. The zero-order valence-electron chi connectivity index (χ0n) is 15.8. The molecule has 0 bridgehead atoms. The number of nitrogens with one attached hydrogen (secondary N) is 2. The van der Waals surface area contributed by atoms with Crippen molar-refractivity contribution in [2.24, 2.45) is 0 Å². The molecule has 2 N–H and O–H groups in total. The lowest BCUT2D eigenvalue weighted by atomic mass is 10.1. The van der Waals surface area contributed by atoms with Gasteiger partial charge in [-0.05, 0) is 19.8 Å². The van der Waals surface area contributed by atoms with Gasteiger partial charge < -0.3 is 19.7 Å². The fourth-order valence-corrected chi connectivity index (χ4v) is 3.83. The van der Waals surface area contributed by atoms with Crippen molar-refractivity contribution in [1.82, 2.24) is 29.8 Å². The first kappa shape index (κ1) is 17.4. The van der Waals surface area contributed by atoms with Crippen LogP contribution in [0.2, 0.25) is 0 Å². The molecule has 10 heteroatoms. The summed E-state index contributed by atoms with van der Waals surface area (Å²) in [5, 5.41) is 15.0. The zero-order chi connectivity index (χ0) is 18.9. The Morgan fingerprint density at radius 3 is 2.93 bits per heavy atom. The third-order valence-electron chi connectivity index (χ3n) is 5.25. The van der Waals surface area contributed by atoms with E-state index >= 15 is 0 Å². The summed E-state index contributed by atoms with van der Waals surface area (Å²) in [6.07, 6.45) is 7.42. The van der Waals surface area contributed by atoms with Crippen molar-refractivity contribution in [2.75, 3.05) is 43.1 Å². The van der Waals surface area contributed by atoms with Gasteiger partial charge in [0.1, 0.15) is 17.7 Å². The molecule has 148 valence electrons. The van der Waals surface area contributed by atoms with Crippen LogP contribution in [0.3, 0.4) is 0 Å². The van der Waals surface area contributed by atoms with E-state index in [2.05, 4.69) is 37.4 Å². The predicted octanol–water partition coefficient (Wildman–Crippen LogP) is 1.33. The highest BCUT2D eigenvalue weighted by Crippen LogP contribution is 2.33. The number of anilines is 2. The van der Waals surface area contributed by atoms with Crippen molar-refractivity contribution in [3.05, 3.63) is 18.7 Å². The van der Waals surface area contributed by atoms with Gasteiger partial charge in [-0.2, -0.15) is 14.6 Å². The second-order valence-electron chi connectivity index (χ2n) is 7.29. The Bertz CT molecular complexity index is 935. The van der Waals surface area contributed by atoms with Crippen molar-refractivity contribution < 1.29 is 9.47 Å². The van der Waals surface area contributed by atoms with Crippen molar-refractivity contribution >= 4 is 17.3 Å². The summed E-state index contributed by atoms with van der Waals surface area (Å²) in [6.45, 7) is 5.86. The minimum Gasteiger partial charge on any atom is -0.381 e. The predicted molar refractivity (Wildman–Crippen MR) is 103 cm³/mol. The monoisotopic (exact) mass is 384 g/mol. The van der Waals surface area contributed by atoms with Crippen LogP contribution in [0, 0.1) is 0 Å². The molecule has 5 heterocycles. The summed E-state index contributed by atoms with van der Waals surface area (Å²) >= 11 is 0. The van der Waals surface area contributed by atoms with E-state index in [0.29, 0.717) is 18.6 Å². The Hall–Kier alpha value is -2.72. The van der Waals surface area contributed by atoms with E-state index < -0.39 is 0 Å². The Kier molecular flexibility index (Phi) is 4.57. The van der Waals surface area contributed by atoms with Crippen LogP contribution in [-0.2, 0) is 9.47 Å². The summed E-state index contributed by atoms with van der Waals surface area (Å²) in [7, 11) is 0. The van der Waals surface area contributed by atoms with Crippen LogP contribution in [0.1, 0.15) is 19.8 Å². The molecule has 28 heavy (non-hydrogen) atoms. The average molecular weight is 384 g/mol. The first-order chi connectivity index (χ1) is 13.8. The van der Waals surface area contributed by atoms with Crippen molar-refractivity contribution in [1.29, 1.82) is 0 Å². The number of aromatic nitrogens is 6. The molecule has 0 saturated carbocycles. The number of nitrogens with zero attached hydrogens (tertiary/aromatic N) is 6. The lowest BCUT2D eigenvalue weighted by molar-refractivity contribution is 0.0533. The third kappa shape index (κ3) is 3.29. The average Bonchev–Trinajstić information content (AvgIpc) is 3.37. The topological polar surface area (TPSA) is 105 Å². The zero-order valence-corrected chi connectivity index (χ0v) is 15.8. The van der Waals surface area contributed by atoms with Crippen molar-refractivity contribution in [3.63, 3.8) is 0 Å². The fourth-order valence-electron chi connectivity index (χ4n) is 3.83. The van der Waals surface area contributed by atoms with E-state index in [1.165, 1.54) is 0 Å². The van der Waals surface area contributed by atoms with Crippen molar-refractivity contribution in [2.45, 2.75) is 31.9 Å². The Morgan fingerprint density at radius 1 is 1.25 bits per heavy atom. The largest absolute Gasteiger partial charge is 0.381 e. The van der Waals surface area contributed by atoms with Gasteiger partial charge in [0.25, 0.3) is 0 Å². The van der Waals surface area contributed by atoms with Crippen LogP contribution >= 0.6 is 0 Å². The molecule has 0 unspecified atom stereocenters. The molecule has 0 radical (unpaired) electrons. The third-order valence-corrected chi connectivity index (χ3v) is 5.25. The molecular weight excluding hydrogens is 360 g/mol. The first-order valence-corrected chi connectivity index (χ1v) is 9.73. The number of rotatable bonds is 4. The van der Waals surface area contributed by atoms with Crippen LogP contribution in [0.15, 0.2) is 18.7 Å². The number of morpholine rings is 1. The standard InChI is InChI=1S/C18H24N8O2/c1-12-10-25(4-7-28-12)16-15(13-8-20-21-9-13)19-11-26-17(16)23-18(24-26)22-14-2-5-27-6-3-14/h8-9,11-12,14H,2-7,10H2,1H3,(H,20,21)(H,22,24)/t12-/m0/s1. The molecule has 0 aliphatic carbocycles. The molecular formula is C18H24N8O2. The van der Waals surface area contributed by atoms with Gasteiger partial charge in [-0.15, -0.1) is 5.10 Å². The van der Waals surface area contributed by atoms with Gasteiger partial charge in [-0.1, -0.05) is 0 Å². The second kappa shape index (κ2) is 7.36. The van der Waals surface area contributed by atoms with Gasteiger partial charge in [0.2, 0.25) is 5.95 Å². The minimum absolute atomic E-state index is 0.147. The Labute approximate surface area is 162 Å². The first-order valence-electron chi connectivity index (χ1n) is 9.73. The maximum absolute atomic E-state index is 5.73. The lowest BCUT2D eigenvalue weighted by Gasteiger charge is -2.33. The highest BCUT2D eigenvalue weighted by Gasteiger charge is 2.26. The van der Waals surface area contributed by atoms with Gasteiger partial charge in [0.05, 0.1) is 18.9 Å². The van der Waals surface area contributed by atoms with E-state index in [9.17, 15) is 0 Å². The van der Waals surface area contributed by atoms with E-state index in [0.717, 1.165) is 61.7 Å². The van der Waals surface area contributed by atoms with Gasteiger partial charge in [0.15, 0.2) is 5.65 Å². The van der Waals surface area contributed by atoms with Crippen LogP contribution in [0.5, 0.6) is 0 Å². The summed E-state index contributed by atoms with van der Waals surface area (Å²) in [5.41, 5.74) is 3.53. The van der Waals surface area contributed by atoms with Crippen LogP contribution in [-0.4, -0.2) is 74.8 Å². The van der Waals surface area contributed by atoms with Crippen molar-refractivity contribution in [3.8, 4) is 11.3 Å². The smallest absolute Gasteiger partial charge is 0.243 e. The Morgan fingerprint density at radius 2 is 2.14 bits per heavy atom. The maximum Gasteiger partial charge on any atom is 0.243 e. The number of H-pyrrole nitrogens is 1. The van der Waals surface area contributed by atoms with Crippen LogP contribution < -0.4 is 10.2 Å². The fraction of sp³-hybridized carbons (Fsp3) is 0.556. The van der Waals surface area contributed by atoms with E-state index in [4.69, 9.17) is 14.5 Å². The molecule has 3 aromatic rings. The summed E-state index contributed by atoms with van der Waals surface area (Å²) in [5.74, 6) is 0.626. The molecule has 5 rings (SSSR count). The Balaban J connectivity index is 1.56. The quantitative estimate of drug-likeness (QED) is 0.694. The SMILES string of the molecule is C[C@H]1CN(c2c(-c3cn[nH]c3)ncn3nc(NC4CCOCC4)nc23)CCO1. The van der Waals surface area contributed by atoms with Gasteiger partial charge >= 0.3 is 0 Å². The molecule has 0 aromatic carbocycles. The van der Waals surface area contributed by atoms with E-state index in [1.807, 2.05) is 6.20 Å². The number of hydrogen-bond donors (Lipinski definition) is 2. The molecule has 0 spiro atoms. The molecule has 10 nitrogen and oxygen atoms in total. The minimum atomic E-state index is 0.147. The van der Waals surface area contributed by atoms with Gasteiger partial charge in [-0.25, -0.2) is 4.98 Å². The van der Waals surface area contributed by atoms with Gasteiger partial charge in [0, 0.05) is 44.1 Å². The molecule has 2 saturated heterocycles. The molecule has 3 aromatic heterocycles. The number of aromatic amines is 1. The maximum atomic E-state index is 5.73. The highest BCUT2D eigenvalue weighted by atomic mass is 16.5. The second-order valence-corrected chi connectivity index (χ2v) is 7.29. The lowest BCUT2D eigenvalue weighted by Crippen LogP contribution is -2.41. The summed E-state index contributed by atoms with van der Waals surface area (Å²) < 4.78 is 12.9. The molecule has 2 fully saturated rings. The van der Waals surface area contributed by atoms with Gasteiger partial charge in [-0.3, -0.25) is 5.10 Å². The highest BCUT2D eigenvalue weighted by molar-refractivity contribution is 5.85. The summed E-state index contributed by atoms with van der Waals surface area (Å²) in [4.78, 5) is 11.8. The normalized spacial score (nSPS) is 21.3. The molecule has 1 atom stereocenters. The van der Waals surface area contributed by atoms with Crippen LogP contribution in [0.4, 0.5) is 11.6 Å². The molecule has 0 amide bonds. The number of hydrogen-bond acceptors (Lipinski definition) is 8. The molecule has 2 aliphatic heterocycles. The van der Waals surface area contributed by atoms with E-state index in [1.54, 1.807) is 17.0 Å². The number of ether oxygens (including phenoxy) is 2.